The lowest BCUT2D eigenvalue weighted by Gasteiger charge is -2.31. The van der Waals surface area contributed by atoms with Crippen molar-refractivity contribution in [1.82, 2.24) is 5.32 Å². The fraction of sp³-hybridized carbons (Fsp3) is 0.381. The summed E-state index contributed by atoms with van der Waals surface area (Å²) >= 11 is 0. The van der Waals surface area contributed by atoms with E-state index < -0.39 is 19.7 Å². The molecule has 1 fully saturated rings. The van der Waals surface area contributed by atoms with Gasteiger partial charge in [-0.05, 0) is 46.4 Å². The van der Waals surface area contributed by atoms with Crippen LogP contribution in [0.2, 0.25) is 0 Å². The molecule has 1 saturated heterocycles. The number of rotatable bonds is 8. The molecule has 0 spiro atoms. The van der Waals surface area contributed by atoms with Crippen LogP contribution < -0.4 is 10.1 Å². The predicted octanol–water partition coefficient (Wildman–Crippen LogP) is 2.64. The van der Waals surface area contributed by atoms with Gasteiger partial charge in [0.2, 0.25) is 5.66 Å². The quantitative estimate of drug-likeness (QED) is 0.566. The molecule has 0 saturated carbocycles. The second kappa shape index (κ2) is 9.94. The van der Waals surface area contributed by atoms with Crippen molar-refractivity contribution < 1.29 is 28.8 Å². The lowest BCUT2D eigenvalue weighted by molar-refractivity contribution is 0.00137. The highest BCUT2D eigenvalue weighted by molar-refractivity contribution is 7.39. The Balaban J connectivity index is 1.57. The maximum Gasteiger partial charge on any atom is 0.511 e. The Labute approximate surface area is 170 Å². The summed E-state index contributed by atoms with van der Waals surface area (Å²) in [5, 5.41) is 12.5. The Hall–Kier alpha value is -2.31. The van der Waals surface area contributed by atoms with Crippen LogP contribution in [-0.4, -0.2) is 54.0 Å². The van der Waals surface area contributed by atoms with Gasteiger partial charge < -0.3 is 19.9 Å². The lowest BCUT2D eigenvalue weighted by atomic mass is 10.0. The van der Waals surface area contributed by atoms with Gasteiger partial charge in [-0.3, -0.25) is 0 Å². The molecule has 1 aliphatic heterocycles. The fourth-order valence-electron chi connectivity index (χ4n) is 3.49. The number of morpholine rings is 1. The highest BCUT2D eigenvalue weighted by Crippen LogP contribution is 2.31. The molecule has 2 aromatic rings. The number of nitrogens with one attached hydrogen (secondary N) is 1. The van der Waals surface area contributed by atoms with Gasteiger partial charge in [0, 0.05) is 19.0 Å². The molecule has 0 amide bonds. The van der Waals surface area contributed by atoms with E-state index in [0.29, 0.717) is 26.0 Å². The number of methoxy groups -OCH3 is 1. The van der Waals surface area contributed by atoms with Gasteiger partial charge in [0.15, 0.2) is 0 Å². The summed E-state index contributed by atoms with van der Waals surface area (Å²) in [5.74, 6) is -0.211. The number of carbonyl (C=O) groups is 1. The maximum absolute atomic E-state index is 12.0. The standard InChI is InChI=1S/C21H24NO6P/c1-27-18-7-5-14(6-8-18)11-20(29(25)26)19-12-22-17(13-28-19)10-15-3-2-4-16(9-15)21(23)24/h2-9,17,19-20,22H,10-13H2,1H3,(H-,23,24,25,26)/p+1/t17-,19-,20?/m1/s1. The molecular weight excluding hydrogens is 393 g/mol. The normalized spacial score (nSPS) is 20.7. The third-order valence-corrected chi connectivity index (χ3v) is 6.17. The van der Waals surface area contributed by atoms with Gasteiger partial charge in [-0.1, -0.05) is 24.3 Å². The van der Waals surface area contributed by atoms with Gasteiger partial charge in [-0.25, -0.2) is 4.79 Å². The molecule has 2 unspecified atom stereocenters. The van der Waals surface area contributed by atoms with E-state index >= 15 is 0 Å². The molecule has 4 atom stereocenters. The molecular formula is C21H25NO6P+. The molecule has 0 aromatic heterocycles. The van der Waals surface area contributed by atoms with Gasteiger partial charge in [0.25, 0.3) is 0 Å². The zero-order valence-electron chi connectivity index (χ0n) is 16.2. The molecule has 2 aromatic carbocycles. The Bertz CT molecular complexity index is 849. The Morgan fingerprint density at radius 3 is 2.62 bits per heavy atom. The molecule has 3 rings (SSSR count). The largest absolute Gasteiger partial charge is 0.511 e. The van der Waals surface area contributed by atoms with Crippen molar-refractivity contribution in [2.24, 2.45) is 0 Å². The number of hydrogen-bond donors (Lipinski definition) is 3. The summed E-state index contributed by atoms with van der Waals surface area (Å²) in [6.45, 7) is 0.857. The summed E-state index contributed by atoms with van der Waals surface area (Å²) < 4.78 is 23.0. The number of aromatic carboxylic acids is 1. The minimum atomic E-state index is -2.41. The minimum absolute atomic E-state index is 0.0218. The van der Waals surface area contributed by atoms with Crippen LogP contribution >= 0.6 is 8.03 Å². The van der Waals surface area contributed by atoms with E-state index in [9.17, 15) is 14.3 Å². The first kappa shape index (κ1) is 21.4. The van der Waals surface area contributed by atoms with Crippen LogP contribution in [0.5, 0.6) is 5.75 Å². The molecule has 0 aliphatic carbocycles. The molecule has 1 aliphatic rings. The lowest BCUT2D eigenvalue weighted by Crippen LogP contribution is -2.51. The summed E-state index contributed by atoms with van der Waals surface area (Å²) in [5.41, 5.74) is 1.60. The van der Waals surface area contributed by atoms with E-state index in [1.807, 2.05) is 30.3 Å². The van der Waals surface area contributed by atoms with Crippen molar-refractivity contribution in [2.75, 3.05) is 20.3 Å². The van der Waals surface area contributed by atoms with Crippen molar-refractivity contribution in [1.29, 1.82) is 0 Å². The smallest absolute Gasteiger partial charge is 0.497 e. The van der Waals surface area contributed by atoms with E-state index in [4.69, 9.17) is 14.6 Å². The van der Waals surface area contributed by atoms with E-state index in [0.717, 1.165) is 16.9 Å². The van der Waals surface area contributed by atoms with E-state index in [-0.39, 0.29) is 17.7 Å². The van der Waals surface area contributed by atoms with E-state index in [2.05, 4.69) is 5.32 Å². The highest BCUT2D eigenvalue weighted by Gasteiger charge is 2.40. The number of benzene rings is 2. The molecule has 1 heterocycles. The third-order valence-electron chi connectivity index (χ3n) is 5.09. The van der Waals surface area contributed by atoms with Crippen LogP contribution in [0.25, 0.3) is 0 Å². The molecule has 0 bridgehead atoms. The fourth-order valence-corrected chi connectivity index (χ4v) is 4.33. The van der Waals surface area contributed by atoms with Gasteiger partial charge in [0.1, 0.15) is 11.9 Å². The third kappa shape index (κ3) is 5.84. The number of carboxylic acid groups (broad SMARTS) is 1. The van der Waals surface area contributed by atoms with Crippen molar-refractivity contribution in [3.05, 3.63) is 65.2 Å². The SMILES string of the molecule is COc1ccc(CC([C@H]2CN[C@H](Cc3cccc(C(=O)O)c3)CO2)[P+](=O)O)cc1. The average molecular weight is 418 g/mol. The molecule has 3 N–H and O–H groups in total. The molecule has 0 radical (unpaired) electrons. The van der Waals surface area contributed by atoms with Crippen molar-refractivity contribution in [3.8, 4) is 5.75 Å². The van der Waals surface area contributed by atoms with Gasteiger partial charge in [0.05, 0.1) is 19.3 Å². The van der Waals surface area contributed by atoms with Gasteiger partial charge in [-0.2, -0.15) is 4.89 Å². The first-order valence-electron chi connectivity index (χ1n) is 9.41. The van der Waals surface area contributed by atoms with Crippen molar-refractivity contribution >= 4 is 14.0 Å². The van der Waals surface area contributed by atoms with E-state index in [1.165, 1.54) is 0 Å². The maximum atomic E-state index is 12.0. The number of hydrogen-bond acceptors (Lipinski definition) is 5. The van der Waals surface area contributed by atoms with E-state index in [1.54, 1.807) is 25.3 Å². The highest BCUT2D eigenvalue weighted by atomic mass is 31.1. The summed E-state index contributed by atoms with van der Waals surface area (Å²) in [6.07, 6.45) is 0.697. The number of carboxylic acids is 1. The average Bonchev–Trinajstić information content (AvgIpc) is 2.73. The van der Waals surface area contributed by atoms with Crippen LogP contribution in [0.3, 0.4) is 0 Å². The van der Waals surface area contributed by atoms with Crippen LogP contribution in [0.1, 0.15) is 21.5 Å². The summed E-state index contributed by atoms with van der Waals surface area (Å²) in [7, 11) is -0.812. The van der Waals surface area contributed by atoms with Gasteiger partial charge in [-0.15, -0.1) is 0 Å². The Morgan fingerprint density at radius 2 is 2.03 bits per heavy atom. The summed E-state index contributed by atoms with van der Waals surface area (Å²) in [4.78, 5) is 20.9. The van der Waals surface area contributed by atoms with Crippen LogP contribution in [0, 0.1) is 0 Å². The second-order valence-electron chi connectivity index (χ2n) is 7.11. The van der Waals surface area contributed by atoms with Crippen molar-refractivity contribution in [3.63, 3.8) is 0 Å². The first-order valence-corrected chi connectivity index (χ1v) is 10.7. The van der Waals surface area contributed by atoms with Crippen LogP contribution in [0.15, 0.2) is 48.5 Å². The zero-order valence-corrected chi connectivity index (χ0v) is 17.0. The Morgan fingerprint density at radius 1 is 1.28 bits per heavy atom. The predicted molar refractivity (Wildman–Crippen MR) is 109 cm³/mol. The van der Waals surface area contributed by atoms with Crippen molar-refractivity contribution in [2.45, 2.75) is 30.6 Å². The molecule has 29 heavy (non-hydrogen) atoms. The molecule has 8 heteroatoms. The minimum Gasteiger partial charge on any atom is -0.497 e. The zero-order chi connectivity index (χ0) is 20.8. The second-order valence-corrected chi connectivity index (χ2v) is 8.38. The molecule has 154 valence electrons. The molecule has 7 nitrogen and oxygen atoms in total. The van der Waals surface area contributed by atoms with Crippen LogP contribution in [0.4, 0.5) is 0 Å². The van der Waals surface area contributed by atoms with Gasteiger partial charge >= 0.3 is 14.0 Å². The monoisotopic (exact) mass is 418 g/mol. The number of ether oxygens (including phenoxy) is 2. The topological polar surface area (TPSA) is 105 Å². The first-order chi connectivity index (χ1) is 14.0. The van der Waals surface area contributed by atoms with Crippen LogP contribution in [-0.2, 0) is 22.1 Å². The summed E-state index contributed by atoms with van der Waals surface area (Å²) in [6, 6.07) is 14.3. The Kier molecular flexibility index (Phi) is 7.34.